The molecular formula is C22H27N7O5S. The van der Waals surface area contributed by atoms with Crippen molar-refractivity contribution < 1.29 is 19.2 Å². The molecule has 0 aliphatic heterocycles. The van der Waals surface area contributed by atoms with Crippen LogP contribution in [0.1, 0.15) is 44.3 Å². The molecule has 3 aromatic rings. The second-order valence-corrected chi connectivity index (χ2v) is 10.5. The summed E-state index contributed by atoms with van der Waals surface area (Å²) >= 11 is 1.00. The van der Waals surface area contributed by atoms with E-state index in [0.717, 1.165) is 11.3 Å². The van der Waals surface area contributed by atoms with E-state index in [-0.39, 0.29) is 28.7 Å². The van der Waals surface area contributed by atoms with Gasteiger partial charge in [0.25, 0.3) is 11.6 Å². The van der Waals surface area contributed by atoms with Crippen LogP contribution in [0.15, 0.2) is 24.3 Å². The SMILES string of the molecule is CC(C)(CNC(=O)OC(C)(C)C)Nc1nc(-c2cccc([N+](=O)[O-])c2)c2c(N)c(C(N)=O)sc2n1. The average Bonchev–Trinajstić information content (AvgIpc) is 3.07. The minimum absolute atomic E-state index is 0.108. The zero-order valence-corrected chi connectivity index (χ0v) is 20.8. The molecule has 2 heterocycles. The van der Waals surface area contributed by atoms with E-state index in [0.29, 0.717) is 21.5 Å². The summed E-state index contributed by atoms with van der Waals surface area (Å²) in [5.74, 6) is -0.542. The molecule has 0 aliphatic rings. The van der Waals surface area contributed by atoms with Gasteiger partial charge in [0.1, 0.15) is 15.3 Å². The number of rotatable bonds is 7. The van der Waals surface area contributed by atoms with Crippen molar-refractivity contribution >= 4 is 50.9 Å². The number of nitrogens with two attached hydrogens (primary N) is 2. The molecular weight excluding hydrogens is 474 g/mol. The van der Waals surface area contributed by atoms with Gasteiger partial charge in [-0.1, -0.05) is 12.1 Å². The van der Waals surface area contributed by atoms with Crippen molar-refractivity contribution in [3.63, 3.8) is 0 Å². The van der Waals surface area contributed by atoms with Crippen LogP contribution in [0.5, 0.6) is 0 Å². The number of anilines is 2. The van der Waals surface area contributed by atoms with Gasteiger partial charge in [0, 0.05) is 24.2 Å². The van der Waals surface area contributed by atoms with Crippen molar-refractivity contribution in [2.24, 2.45) is 5.73 Å². The zero-order valence-electron chi connectivity index (χ0n) is 20.0. The number of hydrogen-bond acceptors (Lipinski definition) is 10. The molecule has 0 bridgehead atoms. The standard InChI is InChI=1S/C22H27N7O5S/c1-21(2,3)34-20(31)25-10-22(4,5)28-19-26-15(11-7-6-8-12(9-11)29(32)33)13-14(23)16(17(24)30)35-18(13)27-19/h6-9H,10,23H2,1-5H3,(H2,24,30)(H,25,31)(H,26,27,28). The maximum atomic E-state index is 12.1. The Bertz CT molecular complexity index is 1310. The third-order valence-electron chi connectivity index (χ3n) is 4.67. The van der Waals surface area contributed by atoms with E-state index >= 15 is 0 Å². The number of ether oxygens (including phenoxy) is 1. The van der Waals surface area contributed by atoms with Crippen LogP contribution < -0.4 is 22.1 Å². The first-order chi connectivity index (χ1) is 16.2. The van der Waals surface area contributed by atoms with E-state index in [2.05, 4.69) is 20.6 Å². The minimum Gasteiger partial charge on any atom is -0.444 e. The normalized spacial score (nSPS) is 11.8. The van der Waals surface area contributed by atoms with Crippen LogP contribution in [0.3, 0.4) is 0 Å². The Kier molecular flexibility index (Phi) is 6.83. The first-order valence-electron chi connectivity index (χ1n) is 10.6. The fourth-order valence-corrected chi connectivity index (χ4v) is 4.14. The topological polar surface area (TPSA) is 188 Å². The second kappa shape index (κ2) is 9.33. The van der Waals surface area contributed by atoms with Gasteiger partial charge in [-0.2, -0.15) is 0 Å². The number of carbonyl (C=O) groups excluding carboxylic acids is 2. The molecule has 35 heavy (non-hydrogen) atoms. The number of nitrogens with zero attached hydrogens (tertiary/aromatic N) is 3. The molecule has 3 rings (SSSR count). The highest BCUT2D eigenvalue weighted by Crippen LogP contribution is 2.39. The van der Waals surface area contributed by atoms with E-state index in [1.54, 1.807) is 26.8 Å². The summed E-state index contributed by atoms with van der Waals surface area (Å²) in [6.45, 7) is 9.12. The number of thiophene rings is 1. The number of aromatic nitrogens is 2. The highest BCUT2D eigenvalue weighted by Gasteiger charge is 2.26. The van der Waals surface area contributed by atoms with Crippen LogP contribution in [0, 0.1) is 10.1 Å². The van der Waals surface area contributed by atoms with Gasteiger partial charge in [0.15, 0.2) is 0 Å². The summed E-state index contributed by atoms with van der Waals surface area (Å²) in [6, 6.07) is 5.90. The van der Waals surface area contributed by atoms with Gasteiger partial charge >= 0.3 is 6.09 Å². The Morgan fingerprint density at radius 1 is 1.20 bits per heavy atom. The lowest BCUT2D eigenvalue weighted by atomic mass is 10.1. The van der Waals surface area contributed by atoms with Crippen molar-refractivity contribution in [3.8, 4) is 11.3 Å². The van der Waals surface area contributed by atoms with Crippen LogP contribution in [-0.4, -0.2) is 44.6 Å². The molecule has 0 saturated heterocycles. The van der Waals surface area contributed by atoms with Gasteiger partial charge in [-0.05, 0) is 34.6 Å². The predicted octanol–water partition coefficient (Wildman–Crippen LogP) is 3.66. The Morgan fingerprint density at radius 3 is 2.49 bits per heavy atom. The third-order valence-corrected chi connectivity index (χ3v) is 5.78. The molecule has 13 heteroatoms. The smallest absolute Gasteiger partial charge is 0.407 e. The van der Waals surface area contributed by atoms with Crippen molar-refractivity contribution in [2.75, 3.05) is 17.6 Å². The van der Waals surface area contributed by atoms with Crippen molar-refractivity contribution in [1.82, 2.24) is 15.3 Å². The van der Waals surface area contributed by atoms with Crippen LogP contribution in [0.25, 0.3) is 21.5 Å². The van der Waals surface area contributed by atoms with Crippen LogP contribution in [0.2, 0.25) is 0 Å². The van der Waals surface area contributed by atoms with Crippen molar-refractivity contribution in [3.05, 3.63) is 39.3 Å². The number of fused-ring (bicyclic) bond motifs is 1. The zero-order chi connectivity index (χ0) is 26.1. The molecule has 2 aromatic heterocycles. The van der Waals surface area contributed by atoms with Gasteiger partial charge < -0.3 is 26.8 Å². The fraction of sp³-hybridized carbons (Fsp3) is 0.364. The maximum absolute atomic E-state index is 12.1. The average molecular weight is 502 g/mol. The van der Waals surface area contributed by atoms with Gasteiger partial charge in [0.05, 0.1) is 27.2 Å². The van der Waals surface area contributed by atoms with E-state index in [4.69, 9.17) is 16.2 Å². The summed E-state index contributed by atoms with van der Waals surface area (Å²) in [4.78, 5) is 44.3. The molecule has 0 aliphatic carbocycles. The summed E-state index contributed by atoms with van der Waals surface area (Å²) in [5, 5.41) is 17.5. The number of amides is 2. The molecule has 2 amide bonds. The van der Waals surface area contributed by atoms with E-state index < -0.39 is 28.1 Å². The predicted molar refractivity (Wildman–Crippen MR) is 134 cm³/mol. The lowest BCUT2D eigenvalue weighted by molar-refractivity contribution is -0.384. The summed E-state index contributed by atoms with van der Waals surface area (Å²) in [7, 11) is 0. The summed E-state index contributed by atoms with van der Waals surface area (Å²) < 4.78 is 5.27. The third kappa shape index (κ3) is 6.12. The molecule has 0 radical (unpaired) electrons. The van der Waals surface area contributed by atoms with Crippen molar-refractivity contribution in [2.45, 2.75) is 45.8 Å². The second-order valence-electron chi connectivity index (χ2n) is 9.46. The molecule has 0 saturated carbocycles. The molecule has 1 aromatic carbocycles. The van der Waals surface area contributed by atoms with Gasteiger partial charge in [0.2, 0.25) is 5.95 Å². The van der Waals surface area contributed by atoms with Crippen LogP contribution in [-0.2, 0) is 4.74 Å². The number of nitro benzene ring substituents is 1. The Balaban J connectivity index is 2.02. The van der Waals surface area contributed by atoms with E-state index in [9.17, 15) is 19.7 Å². The van der Waals surface area contributed by atoms with Gasteiger partial charge in [-0.15, -0.1) is 11.3 Å². The quantitative estimate of drug-likeness (QED) is 0.276. The number of non-ortho nitro benzene ring substituents is 1. The molecule has 0 unspecified atom stereocenters. The molecule has 0 spiro atoms. The van der Waals surface area contributed by atoms with Gasteiger partial charge in [-0.25, -0.2) is 14.8 Å². The largest absolute Gasteiger partial charge is 0.444 e. The van der Waals surface area contributed by atoms with E-state index in [1.165, 1.54) is 18.2 Å². The maximum Gasteiger partial charge on any atom is 0.407 e. The monoisotopic (exact) mass is 501 g/mol. The Labute approximate surface area is 205 Å². The number of primary amides is 1. The molecule has 6 N–H and O–H groups in total. The first kappa shape index (κ1) is 25.6. The van der Waals surface area contributed by atoms with E-state index in [1.807, 2.05) is 13.8 Å². The fourth-order valence-electron chi connectivity index (χ4n) is 3.19. The number of benzene rings is 1. The summed E-state index contributed by atoms with van der Waals surface area (Å²) in [6.07, 6.45) is -0.571. The number of nitro groups is 1. The molecule has 0 atom stereocenters. The van der Waals surface area contributed by atoms with Crippen LogP contribution >= 0.6 is 11.3 Å². The van der Waals surface area contributed by atoms with Crippen molar-refractivity contribution in [1.29, 1.82) is 0 Å². The lowest BCUT2D eigenvalue weighted by Gasteiger charge is -2.28. The number of nitrogen functional groups attached to an aromatic ring is 1. The highest BCUT2D eigenvalue weighted by molar-refractivity contribution is 7.21. The summed E-state index contributed by atoms with van der Waals surface area (Å²) in [5.41, 5.74) is 11.0. The number of carbonyl (C=O) groups is 2. The van der Waals surface area contributed by atoms with Crippen LogP contribution in [0.4, 0.5) is 22.1 Å². The molecule has 0 fully saturated rings. The number of alkyl carbamates (subject to hydrolysis) is 1. The number of hydrogen-bond donors (Lipinski definition) is 4. The Hall–Kier alpha value is -4.00. The molecule has 186 valence electrons. The lowest BCUT2D eigenvalue weighted by Crippen LogP contribution is -2.45. The molecule has 12 nitrogen and oxygen atoms in total. The Morgan fingerprint density at radius 2 is 1.89 bits per heavy atom. The highest BCUT2D eigenvalue weighted by atomic mass is 32.1. The van der Waals surface area contributed by atoms with Gasteiger partial charge in [-0.3, -0.25) is 14.9 Å². The minimum atomic E-state index is -0.722. The first-order valence-corrected chi connectivity index (χ1v) is 11.4. The number of nitrogens with one attached hydrogen (secondary N) is 2.